The highest BCUT2D eigenvalue weighted by atomic mass is 79.9. The van der Waals surface area contributed by atoms with Crippen molar-refractivity contribution in [1.29, 1.82) is 0 Å². The molecule has 6 nitrogen and oxygen atoms in total. The second kappa shape index (κ2) is 5.34. The number of fused-ring (bicyclic) bond motifs is 1. The maximum atomic E-state index is 5.86. The molecular formula is C11H14BrN5O. The van der Waals surface area contributed by atoms with Gasteiger partial charge in [0, 0.05) is 6.20 Å². The van der Waals surface area contributed by atoms with Crippen molar-refractivity contribution in [3.05, 3.63) is 10.7 Å². The topological polar surface area (TPSA) is 99.9 Å². The molecule has 0 aliphatic carbocycles. The zero-order chi connectivity index (χ0) is 13.1. The Morgan fingerprint density at radius 3 is 2.83 bits per heavy atom. The van der Waals surface area contributed by atoms with E-state index in [1.54, 1.807) is 6.20 Å². The third kappa shape index (κ3) is 2.45. The van der Waals surface area contributed by atoms with Gasteiger partial charge in [0.05, 0.1) is 16.6 Å². The number of nitrogens with zero attached hydrogens (tertiary/aromatic N) is 3. The highest BCUT2D eigenvalue weighted by Crippen LogP contribution is 2.32. The molecule has 0 amide bonds. The molecule has 0 saturated heterocycles. The normalized spacial score (nSPS) is 10.8. The van der Waals surface area contributed by atoms with E-state index in [-0.39, 0.29) is 11.8 Å². The minimum atomic E-state index is 0.131. The van der Waals surface area contributed by atoms with Crippen LogP contribution >= 0.6 is 15.9 Å². The zero-order valence-corrected chi connectivity index (χ0v) is 11.6. The Bertz CT molecular complexity index is 575. The lowest BCUT2D eigenvalue weighted by Crippen LogP contribution is -2.05. The van der Waals surface area contributed by atoms with Gasteiger partial charge < -0.3 is 16.2 Å². The third-order valence-electron chi connectivity index (χ3n) is 2.43. The second-order valence-electron chi connectivity index (χ2n) is 3.80. The second-order valence-corrected chi connectivity index (χ2v) is 4.66. The number of rotatable bonds is 4. The number of pyridine rings is 1. The summed E-state index contributed by atoms with van der Waals surface area (Å²) in [5.41, 5.74) is 12.1. The summed E-state index contributed by atoms with van der Waals surface area (Å²) in [7, 11) is 0. The van der Waals surface area contributed by atoms with E-state index >= 15 is 0 Å². The number of halogens is 1. The van der Waals surface area contributed by atoms with Crippen LogP contribution in [0.1, 0.15) is 19.8 Å². The zero-order valence-electron chi connectivity index (χ0n) is 9.98. The van der Waals surface area contributed by atoms with Crippen molar-refractivity contribution in [1.82, 2.24) is 15.0 Å². The third-order valence-corrected chi connectivity index (χ3v) is 3.01. The van der Waals surface area contributed by atoms with Gasteiger partial charge in [-0.2, -0.15) is 4.98 Å². The van der Waals surface area contributed by atoms with Gasteiger partial charge in [0.1, 0.15) is 11.2 Å². The molecule has 2 rings (SSSR count). The monoisotopic (exact) mass is 311 g/mol. The first kappa shape index (κ1) is 12.8. The SMILES string of the molecule is CCCCOc1ncc(Br)c2nc(N)nc(N)c12. The van der Waals surface area contributed by atoms with Crippen molar-refractivity contribution in [2.24, 2.45) is 0 Å². The van der Waals surface area contributed by atoms with Gasteiger partial charge in [-0.15, -0.1) is 0 Å². The van der Waals surface area contributed by atoms with Crippen LogP contribution < -0.4 is 16.2 Å². The predicted molar refractivity (Wildman–Crippen MR) is 74.3 cm³/mol. The lowest BCUT2D eigenvalue weighted by Gasteiger charge is -2.10. The fraction of sp³-hybridized carbons (Fsp3) is 0.364. The molecule has 0 atom stereocenters. The van der Waals surface area contributed by atoms with Crippen molar-refractivity contribution < 1.29 is 4.74 Å². The van der Waals surface area contributed by atoms with Gasteiger partial charge in [-0.25, -0.2) is 9.97 Å². The van der Waals surface area contributed by atoms with Crippen LogP contribution in [0, 0.1) is 0 Å². The van der Waals surface area contributed by atoms with Gasteiger partial charge in [0.25, 0.3) is 0 Å². The summed E-state index contributed by atoms with van der Waals surface area (Å²) in [6.07, 6.45) is 3.62. The minimum Gasteiger partial charge on any atom is -0.477 e. The van der Waals surface area contributed by atoms with E-state index in [0.717, 1.165) is 12.8 Å². The molecule has 7 heteroatoms. The molecule has 0 fully saturated rings. The molecule has 2 aromatic heterocycles. The Kier molecular flexibility index (Phi) is 3.81. The summed E-state index contributed by atoms with van der Waals surface area (Å²) < 4.78 is 6.31. The lowest BCUT2D eigenvalue weighted by atomic mass is 10.3. The van der Waals surface area contributed by atoms with Crippen LogP contribution in [0.25, 0.3) is 10.9 Å². The number of hydrogen-bond donors (Lipinski definition) is 2. The van der Waals surface area contributed by atoms with Crippen molar-refractivity contribution in [3.8, 4) is 5.88 Å². The first-order valence-electron chi connectivity index (χ1n) is 5.63. The molecule has 2 heterocycles. The number of anilines is 2. The highest BCUT2D eigenvalue weighted by molar-refractivity contribution is 9.10. The molecule has 18 heavy (non-hydrogen) atoms. The summed E-state index contributed by atoms with van der Waals surface area (Å²) >= 11 is 3.36. The Morgan fingerprint density at radius 1 is 1.33 bits per heavy atom. The summed E-state index contributed by atoms with van der Waals surface area (Å²) in [6, 6.07) is 0. The number of aromatic nitrogens is 3. The number of nitrogens with two attached hydrogens (primary N) is 2. The van der Waals surface area contributed by atoms with Gasteiger partial charge in [-0.3, -0.25) is 0 Å². The van der Waals surface area contributed by atoms with Gasteiger partial charge in [-0.1, -0.05) is 13.3 Å². The van der Waals surface area contributed by atoms with E-state index in [9.17, 15) is 0 Å². The average Bonchev–Trinajstić information content (AvgIpc) is 2.32. The Hall–Kier alpha value is -1.63. The number of unbranched alkanes of at least 4 members (excludes halogenated alkanes) is 1. The Morgan fingerprint density at radius 2 is 2.11 bits per heavy atom. The largest absolute Gasteiger partial charge is 0.477 e. The molecular weight excluding hydrogens is 298 g/mol. The molecule has 0 aliphatic heterocycles. The van der Waals surface area contributed by atoms with Crippen LogP contribution in [0.3, 0.4) is 0 Å². The van der Waals surface area contributed by atoms with Crippen LogP contribution in [-0.2, 0) is 0 Å². The van der Waals surface area contributed by atoms with Crippen molar-refractivity contribution in [2.45, 2.75) is 19.8 Å². The highest BCUT2D eigenvalue weighted by Gasteiger charge is 2.13. The quantitative estimate of drug-likeness (QED) is 0.839. The van der Waals surface area contributed by atoms with E-state index < -0.39 is 0 Å². The average molecular weight is 312 g/mol. The molecule has 4 N–H and O–H groups in total. The fourth-order valence-corrected chi connectivity index (χ4v) is 1.93. The number of ether oxygens (including phenoxy) is 1. The van der Waals surface area contributed by atoms with E-state index in [4.69, 9.17) is 16.2 Å². The maximum Gasteiger partial charge on any atom is 0.226 e. The van der Waals surface area contributed by atoms with Crippen LogP contribution in [0.15, 0.2) is 10.7 Å². The first-order chi connectivity index (χ1) is 8.63. The number of hydrogen-bond acceptors (Lipinski definition) is 6. The van der Waals surface area contributed by atoms with E-state index in [0.29, 0.717) is 27.9 Å². The van der Waals surface area contributed by atoms with Crippen molar-refractivity contribution >= 4 is 38.6 Å². The molecule has 0 aliphatic rings. The molecule has 0 aromatic carbocycles. The summed E-state index contributed by atoms with van der Waals surface area (Å²) in [6.45, 7) is 2.68. The Balaban J connectivity index is 2.51. The van der Waals surface area contributed by atoms with Crippen molar-refractivity contribution in [3.63, 3.8) is 0 Å². The van der Waals surface area contributed by atoms with Crippen LogP contribution in [0.2, 0.25) is 0 Å². The predicted octanol–water partition coefficient (Wildman–Crippen LogP) is 2.13. The minimum absolute atomic E-state index is 0.131. The van der Waals surface area contributed by atoms with Crippen LogP contribution in [-0.4, -0.2) is 21.6 Å². The fourth-order valence-electron chi connectivity index (χ4n) is 1.54. The van der Waals surface area contributed by atoms with E-state index in [2.05, 4.69) is 37.8 Å². The molecule has 0 bridgehead atoms. The smallest absolute Gasteiger partial charge is 0.226 e. The molecule has 96 valence electrons. The van der Waals surface area contributed by atoms with E-state index in [1.165, 1.54) is 0 Å². The molecule has 2 aromatic rings. The Labute approximate surface area is 113 Å². The van der Waals surface area contributed by atoms with Gasteiger partial charge >= 0.3 is 0 Å². The summed E-state index contributed by atoms with van der Waals surface area (Å²) in [4.78, 5) is 12.3. The van der Waals surface area contributed by atoms with Gasteiger partial charge in [-0.05, 0) is 22.4 Å². The molecule has 0 unspecified atom stereocenters. The number of nitrogen functional groups attached to an aromatic ring is 2. The van der Waals surface area contributed by atoms with Gasteiger partial charge in [0.15, 0.2) is 0 Å². The standard InChI is InChI=1S/C11H14BrN5O/c1-2-3-4-18-10-7-8(6(12)5-15-10)16-11(14)17-9(7)13/h5H,2-4H2,1H3,(H4,13,14,16,17). The van der Waals surface area contributed by atoms with Crippen molar-refractivity contribution in [2.75, 3.05) is 18.1 Å². The molecule has 0 radical (unpaired) electrons. The molecule has 0 saturated carbocycles. The van der Waals surface area contributed by atoms with Crippen LogP contribution in [0.4, 0.5) is 11.8 Å². The lowest BCUT2D eigenvalue weighted by molar-refractivity contribution is 0.301. The molecule has 0 spiro atoms. The van der Waals surface area contributed by atoms with Crippen LogP contribution in [0.5, 0.6) is 5.88 Å². The van der Waals surface area contributed by atoms with E-state index in [1.807, 2.05) is 0 Å². The van der Waals surface area contributed by atoms with Gasteiger partial charge in [0.2, 0.25) is 11.8 Å². The summed E-state index contributed by atoms with van der Waals surface area (Å²) in [5, 5.41) is 0.592. The summed E-state index contributed by atoms with van der Waals surface area (Å²) in [5.74, 6) is 0.850. The first-order valence-corrected chi connectivity index (χ1v) is 6.42. The maximum absolute atomic E-state index is 5.86.